The zero-order valence-electron chi connectivity index (χ0n) is 14.3. The van der Waals surface area contributed by atoms with Gasteiger partial charge in [-0.3, -0.25) is 5.43 Å². The van der Waals surface area contributed by atoms with Crippen molar-refractivity contribution < 1.29 is 23.8 Å². The van der Waals surface area contributed by atoms with Gasteiger partial charge in [-0.1, -0.05) is 12.1 Å². The number of para-hydroxylation sites is 1. The van der Waals surface area contributed by atoms with Gasteiger partial charge in [-0.15, -0.1) is 0 Å². The first-order valence-corrected chi connectivity index (χ1v) is 7.86. The summed E-state index contributed by atoms with van der Waals surface area (Å²) in [5.41, 5.74) is 3.59. The standard InChI is InChI=1S/C17H22N2O5/c1-5-22-15(20)13(16(21)23-6-2)19-18-12-9-7-8-11-10-17(3,4)24-14(11)12/h7-9,18H,5-6,10H2,1-4H3. The minimum absolute atomic E-state index is 0.134. The van der Waals surface area contributed by atoms with Crippen LogP contribution in [0.5, 0.6) is 5.75 Å². The lowest BCUT2D eigenvalue weighted by molar-refractivity contribution is -0.140. The van der Waals surface area contributed by atoms with E-state index in [1.165, 1.54) is 0 Å². The first-order valence-electron chi connectivity index (χ1n) is 7.86. The van der Waals surface area contributed by atoms with Crippen molar-refractivity contribution in [3.8, 4) is 5.75 Å². The second-order valence-electron chi connectivity index (χ2n) is 5.85. The van der Waals surface area contributed by atoms with Crippen LogP contribution in [0.1, 0.15) is 33.3 Å². The van der Waals surface area contributed by atoms with Gasteiger partial charge in [0.2, 0.25) is 0 Å². The van der Waals surface area contributed by atoms with Crippen LogP contribution in [0.15, 0.2) is 23.3 Å². The van der Waals surface area contributed by atoms with E-state index in [0.717, 1.165) is 12.0 Å². The maximum absolute atomic E-state index is 11.9. The number of esters is 2. The number of nitrogens with one attached hydrogen (secondary N) is 1. The number of rotatable bonds is 6. The minimum Gasteiger partial charge on any atom is -0.485 e. The van der Waals surface area contributed by atoms with E-state index in [-0.39, 0.29) is 18.8 Å². The highest BCUT2D eigenvalue weighted by Crippen LogP contribution is 2.40. The van der Waals surface area contributed by atoms with Crippen LogP contribution >= 0.6 is 0 Å². The fraction of sp³-hybridized carbons (Fsp3) is 0.471. The highest BCUT2D eigenvalue weighted by Gasteiger charge is 2.32. The molecule has 0 fully saturated rings. The third kappa shape index (κ3) is 4.04. The lowest BCUT2D eigenvalue weighted by Gasteiger charge is -2.18. The predicted octanol–water partition coefficient (Wildman–Crippen LogP) is 2.29. The molecule has 24 heavy (non-hydrogen) atoms. The lowest BCUT2D eigenvalue weighted by Crippen LogP contribution is -2.29. The molecule has 1 aliphatic rings. The van der Waals surface area contributed by atoms with Crippen molar-refractivity contribution in [2.45, 2.75) is 39.7 Å². The van der Waals surface area contributed by atoms with Crippen molar-refractivity contribution in [1.82, 2.24) is 0 Å². The number of anilines is 1. The Bertz CT molecular complexity index is 647. The van der Waals surface area contributed by atoms with Gasteiger partial charge in [-0.2, -0.15) is 5.10 Å². The molecule has 0 spiro atoms. The van der Waals surface area contributed by atoms with E-state index in [0.29, 0.717) is 11.4 Å². The third-order valence-electron chi connectivity index (χ3n) is 3.32. The Morgan fingerprint density at radius 3 is 2.42 bits per heavy atom. The molecule has 0 saturated carbocycles. The molecule has 0 radical (unpaired) electrons. The van der Waals surface area contributed by atoms with Crippen LogP contribution in [0.2, 0.25) is 0 Å². The van der Waals surface area contributed by atoms with E-state index in [2.05, 4.69) is 10.5 Å². The molecular weight excluding hydrogens is 312 g/mol. The average Bonchev–Trinajstić information content (AvgIpc) is 2.82. The van der Waals surface area contributed by atoms with E-state index in [1.807, 2.05) is 26.0 Å². The van der Waals surface area contributed by atoms with Gasteiger partial charge >= 0.3 is 11.9 Å². The van der Waals surface area contributed by atoms with Crippen LogP contribution in [-0.4, -0.2) is 36.5 Å². The molecule has 1 N–H and O–H groups in total. The monoisotopic (exact) mass is 334 g/mol. The van der Waals surface area contributed by atoms with Crippen LogP contribution in [-0.2, 0) is 25.5 Å². The molecule has 0 aliphatic carbocycles. The van der Waals surface area contributed by atoms with E-state index in [9.17, 15) is 9.59 Å². The van der Waals surface area contributed by atoms with Gasteiger partial charge in [-0.05, 0) is 33.8 Å². The number of carbonyl (C=O) groups is 2. The van der Waals surface area contributed by atoms with Crippen LogP contribution in [0.25, 0.3) is 0 Å². The molecule has 0 aromatic heterocycles. The third-order valence-corrected chi connectivity index (χ3v) is 3.32. The van der Waals surface area contributed by atoms with Crippen molar-refractivity contribution in [2.75, 3.05) is 18.6 Å². The van der Waals surface area contributed by atoms with Gasteiger partial charge in [0.1, 0.15) is 11.4 Å². The van der Waals surface area contributed by atoms with Crippen molar-refractivity contribution in [2.24, 2.45) is 5.10 Å². The number of benzene rings is 1. The van der Waals surface area contributed by atoms with Gasteiger partial charge in [0.25, 0.3) is 5.71 Å². The molecule has 130 valence electrons. The number of ether oxygens (including phenoxy) is 3. The van der Waals surface area contributed by atoms with E-state index >= 15 is 0 Å². The van der Waals surface area contributed by atoms with E-state index in [4.69, 9.17) is 14.2 Å². The molecule has 1 aliphatic heterocycles. The maximum Gasteiger partial charge on any atom is 0.366 e. The number of carbonyl (C=O) groups excluding carboxylic acids is 2. The smallest absolute Gasteiger partial charge is 0.366 e. The van der Waals surface area contributed by atoms with Gasteiger partial charge < -0.3 is 14.2 Å². The fourth-order valence-corrected chi connectivity index (χ4v) is 2.39. The topological polar surface area (TPSA) is 86.2 Å². The summed E-state index contributed by atoms with van der Waals surface area (Å²) >= 11 is 0. The number of nitrogens with zero attached hydrogens (tertiary/aromatic N) is 1. The summed E-state index contributed by atoms with van der Waals surface area (Å²) in [6.45, 7) is 7.54. The molecule has 1 aromatic carbocycles. The summed E-state index contributed by atoms with van der Waals surface area (Å²) in [6, 6.07) is 5.59. The second kappa shape index (κ2) is 7.33. The van der Waals surface area contributed by atoms with E-state index < -0.39 is 17.7 Å². The first-order chi connectivity index (χ1) is 11.4. The van der Waals surface area contributed by atoms with Crippen LogP contribution in [0.3, 0.4) is 0 Å². The lowest BCUT2D eigenvalue weighted by atomic mass is 10.0. The number of fused-ring (bicyclic) bond motifs is 1. The molecule has 1 aromatic rings. The van der Waals surface area contributed by atoms with Crippen molar-refractivity contribution in [1.29, 1.82) is 0 Å². The van der Waals surface area contributed by atoms with Crippen LogP contribution in [0.4, 0.5) is 5.69 Å². The van der Waals surface area contributed by atoms with Crippen molar-refractivity contribution in [3.63, 3.8) is 0 Å². The molecule has 7 nitrogen and oxygen atoms in total. The normalized spacial score (nSPS) is 14.2. The largest absolute Gasteiger partial charge is 0.485 e. The zero-order chi connectivity index (χ0) is 17.7. The fourth-order valence-electron chi connectivity index (χ4n) is 2.39. The van der Waals surface area contributed by atoms with Gasteiger partial charge in [-0.25, -0.2) is 9.59 Å². The van der Waals surface area contributed by atoms with Gasteiger partial charge in [0.15, 0.2) is 0 Å². The molecular formula is C17H22N2O5. The Kier molecular flexibility index (Phi) is 5.43. The summed E-state index contributed by atoms with van der Waals surface area (Å²) in [7, 11) is 0. The molecule has 2 rings (SSSR count). The summed E-state index contributed by atoms with van der Waals surface area (Å²) in [5, 5.41) is 3.89. The summed E-state index contributed by atoms with van der Waals surface area (Å²) in [4.78, 5) is 23.8. The Labute approximate surface area is 141 Å². The Morgan fingerprint density at radius 2 is 1.83 bits per heavy atom. The predicted molar refractivity (Wildman–Crippen MR) is 89.2 cm³/mol. The first kappa shape index (κ1) is 17.8. The Balaban J connectivity index is 2.25. The zero-order valence-corrected chi connectivity index (χ0v) is 14.3. The van der Waals surface area contributed by atoms with Crippen molar-refractivity contribution in [3.05, 3.63) is 23.8 Å². The molecule has 7 heteroatoms. The SMILES string of the molecule is CCOC(=O)C(=NNc1cccc2c1OC(C)(C)C2)C(=O)OCC. The summed E-state index contributed by atoms with van der Waals surface area (Å²) in [5.74, 6) is -1.01. The van der Waals surface area contributed by atoms with Crippen LogP contribution in [0, 0.1) is 0 Å². The highest BCUT2D eigenvalue weighted by atomic mass is 16.6. The molecule has 0 bridgehead atoms. The molecule has 0 unspecified atom stereocenters. The second-order valence-corrected chi connectivity index (χ2v) is 5.85. The number of hydrazone groups is 1. The Hall–Kier alpha value is -2.57. The molecule has 1 heterocycles. The maximum atomic E-state index is 11.9. The van der Waals surface area contributed by atoms with Gasteiger partial charge in [0.05, 0.1) is 18.9 Å². The number of hydrogen-bond donors (Lipinski definition) is 1. The molecule has 0 atom stereocenters. The molecule has 0 amide bonds. The highest BCUT2D eigenvalue weighted by molar-refractivity contribution is 6.62. The number of hydrogen-bond acceptors (Lipinski definition) is 7. The minimum atomic E-state index is -0.836. The average molecular weight is 334 g/mol. The Morgan fingerprint density at radius 1 is 1.21 bits per heavy atom. The van der Waals surface area contributed by atoms with Crippen molar-refractivity contribution >= 4 is 23.3 Å². The van der Waals surface area contributed by atoms with E-state index in [1.54, 1.807) is 19.9 Å². The van der Waals surface area contributed by atoms with Gasteiger partial charge in [0, 0.05) is 12.0 Å². The molecule has 0 saturated heterocycles. The summed E-state index contributed by atoms with van der Waals surface area (Å²) < 4.78 is 15.6. The summed E-state index contributed by atoms with van der Waals surface area (Å²) in [6.07, 6.45) is 0.768. The quantitative estimate of drug-likeness (QED) is 0.372. The van der Waals surface area contributed by atoms with Crippen LogP contribution < -0.4 is 10.2 Å².